The van der Waals surface area contributed by atoms with Crippen LogP contribution in [0.2, 0.25) is 0 Å². The molecule has 1 aromatic rings. The maximum atomic E-state index is 11.1. The maximum absolute atomic E-state index is 11.1. The Balaban J connectivity index is 2.61. The minimum Gasteiger partial charge on any atom is -0.492 e. The average molecular weight is 378 g/mol. The molecule has 0 atom stereocenters. The first-order chi connectivity index (χ1) is 8.90. The highest BCUT2D eigenvalue weighted by Crippen LogP contribution is 2.21. The molecular weight excluding hydrogens is 367 g/mol. The summed E-state index contributed by atoms with van der Waals surface area (Å²) >= 11 is 1.98. The fraction of sp³-hybridized carbons (Fsp3) is 0.182. The van der Waals surface area contributed by atoms with Gasteiger partial charge in [0, 0.05) is 3.57 Å². The number of urea groups is 1. The van der Waals surface area contributed by atoms with Crippen LogP contribution in [0.1, 0.15) is 16.8 Å². The number of imide groups is 1. The van der Waals surface area contributed by atoms with Gasteiger partial charge in [0.1, 0.15) is 11.3 Å². The summed E-state index contributed by atoms with van der Waals surface area (Å²) in [5.74, 6) is -1.54. The van der Waals surface area contributed by atoms with E-state index in [4.69, 9.17) is 15.6 Å². The SMILES string of the molecule is NC(=O)NC(=O)CCOc1ccc(I)cc1C(=O)O. The number of aromatic carboxylic acids is 1. The van der Waals surface area contributed by atoms with Gasteiger partial charge in [0.05, 0.1) is 13.0 Å². The first-order valence-electron chi connectivity index (χ1n) is 5.15. The van der Waals surface area contributed by atoms with Crippen LogP contribution in [0.15, 0.2) is 18.2 Å². The number of carbonyl (C=O) groups is 3. The molecule has 1 rings (SSSR count). The number of carboxylic acid groups (broad SMARTS) is 1. The molecule has 0 aliphatic rings. The smallest absolute Gasteiger partial charge is 0.339 e. The topological polar surface area (TPSA) is 119 Å². The Bertz CT molecular complexity index is 518. The molecule has 4 N–H and O–H groups in total. The largest absolute Gasteiger partial charge is 0.492 e. The molecule has 0 saturated carbocycles. The lowest BCUT2D eigenvalue weighted by Crippen LogP contribution is -2.35. The van der Waals surface area contributed by atoms with Crippen molar-refractivity contribution in [3.05, 3.63) is 27.3 Å². The number of primary amides is 1. The summed E-state index contributed by atoms with van der Waals surface area (Å²) in [6.07, 6.45) is -0.103. The number of carbonyl (C=O) groups excluding carboxylic acids is 2. The number of halogens is 1. The molecule has 1 aromatic carbocycles. The highest BCUT2D eigenvalue weighted by atomic mass is 127. The van der Waals surface area contributed by atoms with Crippen molar-refractivity contribution in [3.8, 4) is 5.75 Å². The number of ether oxygens (including phenoxy) is 1. The second kappa shape index (κ2) is 6.92. The van der Waals surface area contributed by atoms with Crippen molar-refractivity contribution in [2.24, 2.45) is 5.73 Å². The highest BCUT2D eigenvalue weighted by Gasteiger charge is 2.12. The van der Waals surface area contributed by atoms with Crippen LogP contribution < -0.4 is 15.8 Å². The molecule has 0 aliphatic heterocycles. The lowest BCUT2D eigenvalue weighted by atomic mass is 10.2. The predicted molar refractivity (Wildman–Crippen MR) is 74.0 cm³/mol. The third kappa shape index (κ3) is 5.12. The number of hydrogen-bond acceptors (Lipinski definition) is 4. The Hall–Kier alpha value is -1.84. The molecular formula is C11H11IN2O5. The Labute approximate surface area is 122 Å². The summed E-state index contributed by atoms with van der Waals surface area (Å²) < 4.78 is 5.97. The molecule has 8 heteroatoms. The molecule has 0 spiro atoms. The van der Waals surface area contributed by atoms with E-state index < -0.39 is 17.9 Å². The van der Waals surface area contributed by atoms with Crippen molar-refractivity contribution in [3.63, 3.8) is 0 Å². The molecule has 0 bridgehead atoms. The van der Waals surface area contributed by atoms with Crippen LogP contribution in [-0.2, 0) is 4.79 Å². The highest BCUT2D eigenvalue weighted by molar-refractivity contribution is 14.1. The van der Waals surface area contributed by atoms with Crippen molar-refractivity contribution in [2.45, 2.75) is 6.42 Å². The predicted octanol–water partition coefficient (Wildman–Crippen LogP) is 0.953. The second-order valence-corrected chi connectivity index (χ2v) is 4.70. The van der Waals surface area contributed by atoms with Crippen molar-refractivity contribution < 1.29 is 24.2 Å². The molecule has 102 valence electrons. The van der Waals surface area contributed by atoms with E-state index in [0.29, 0.717) is 0 Å². The van der Waals surface area contributed by atoms with Gasteiger partial charge in [-0.25, -0.2) is 9.59 Å². The van der Waals surface area contributed by atoms with E-state index in [1.165, 1.54) is 12.1 Å². The second-order valence-electron chi connectivity index (χ2n) is 3.46. The van der Waals surface area contributed by atoms with Gasteiger partial charge >= 0.3 is 12.0 Å². The third-order valence-corrected chi connectivity index (χ3v) is 2.69. The van der Waals surface area contributed by atoms with Crippen LogP contribution in [-0.4, -0.2) is 29.6 Å². The summed E-state index contributed by atoms with van der Waals surface area (Å²) in [6, 6.07) is 3.72. The van der Waals surface area contributed by atoms with Crippen molar-refractivity contribution in [2.75, 3.05) is 6.61 Å². The number of nitrogens with one attached hydrogen (secondary N) is 1. The molecule has 0 fully saturated rings. The Morgan fingerprint density at radius 2 is 2.05 bits per heavy atom. The molecule has 0 radical (unpaired) electrons. The van der Waals surface area contributed by atoms with Crippen LogP contribution in [0.4, 0.5) is 4.79 Å². The van der Waals surface area contributed by atoms with Crippen molar-refractivity contribution in [1.82, 2.24) is 5.32 Å². The fourth-order valence-corrected chi connectivity index (χ4v) is 1.74. The molecule has 0 heterocycles. The molecule has 0 unspecified atom stereocenters. The molecule has 0 aromatic heterocycles. The van der Waals surface area contributed by atoms with Crippen LogP contribution in [0, 0.1) is 3.57 Å². The lowest BCUT2D eigenvalue weighted by molar-refractivity contribution is -0.120. The number of rotatable bonds is 5. The summed E-state index contributed by atoms with van der Waals surface area (Å²) in [6.45, 7) is -0.0556. The van der Waals surface area contributed by atoms with Gasteiger partial charge in [-0.15, -0.1) is 0 Å². The van der Waals surface area contributed by atoms with Gasteiger partial charge < -0.3 is 15.6 Å². The lowest BCUT2D eigenvalue weighted by Gasteiger charge is -2.09. The standard InChI is InChI=1S/C11H11IN2O5/c12-6-1-2-8(7(5-6)10(16)17)19-4-3-9(15)14-11(13)18/h1-2,5H,3-4H2,(H,16,17)(H3,13,14,15,18). The summed E-state index contributed by atoms with van der Waals surface area (Å²) in [7, 11) is 0. The monoisotopic (exact) mass is 378 g/mol. The zero-order valence-electron chi connectivity index (χ0n) is 9.68. The minimum atomic E-state index is -1.12. The van der Waals surface area contributed by atoms with E-state index in [1.54, 1.807) is 6.07 Å². The Morgan fingerprint density at radius 3 is 2.63 bits per heavy atom. The van der Waals surface area contributed by atoms with Gasteiger partial charge in [0.15, 0.2) is 0 Å². The Kier molecular flexibility index (Phi) is 5.55. The van der Waals surface area contributed by atoms with Crippen LogP contribution >= 0.6 is 22.6 Å². The van der Waals surface area contributed by atoms with Gasteiger partial charge in [-0.05, 0) is 40.8 Å². The van der Waals surface area contributed by atoms with Gasteiger partial charge in [0.25, 0.3) is 0 Å². The number of carboxylic acids is 1. The van der Waals surface area contributed by atoms with Crippen LogP contribution in [0.25, 0.3) is 0 Å². The van der Waals surface area contributed by atoms with Crippen molar-refractivity contribution >= 4 is 40.5 Å². The summed E-state index contributed by atoms with van der Waals surface area (Å²) in [5, 5.41) is 10.9. The van der Waals surface area contributed by atoms with E-state index in [1.807, 2.05) is 27.9 Å². The van der Waals surface area contributed by atoms with Gasteiger partial charge in [-0.2, -0.15) is 0 Å². The first-order valence-corrected chi connectivity index (χ1v) is 6.23. The van der Waals surface area contributed by atoms with Gasteiger partial charge in [-0.1, -0.05) is 0 Å². The first kappa shape index (κ1) is 15.2. The maximum Gasteiger partial charge on any atom is 0.339 e. The number of nitrogens with two attached hydrogens (primary N) is 1. The number of benzene rings is 1. The quantitative estimate of drug-likeness (QED) is 0.660. The average Bonchev–Trinajstić information content (AvgIpc) is 2.29. The molecule has 0 aliphatic carbocycles. The van der Waals surface area contributed by atoms with E-state index >= 15 is 0 Å². The Morgan fingerprint density at radius 1 is 1.37 bits per heavy atom. The van der Waals surface area contributed by atoms with E-state index in [-0.39, 0.29) is 24.3 Å². The summed E-state index contributed by atoms with van der Waals surface area (Å²) in [4.78, 5) is 32.5. The van der Waals surface area contributed by atoms with E-state index in [2.05, 4.69) is 0 Å². The normalized spacial score (nSPS) is 9.74. The van der Waals surface area contributed by atoms with Crippen LogP contribution in [0.5, 0.6) is 5.75 Å². The fourth-order valence-electron chi connectivity index (χ4n) is 1.25. The zero-order chi connectivity index (χ0) is 14.4. The summed E-state index contributed by atoms with van der Waals surface area (Å²) in [5.41, 5.74) is 4.78. The van der Waals surface area contributed by atoms with E-state index in [0.717, 1.165) is 3.57 Å². The molecule has 0 saturated heterocycles. The minimum absolute atomic E-state index is 0.0159. The molecule has 7 nitrogen and oxygen atoms in total. The van der Waals surface area contributed by atoms with E-state index in [9.17, 15) is 14.4 Å². The number of hydrogen-bond donors (Lipinski definition) is 3. The van der Waals surface area contributed by atoms with Gasteiger partial charge in [-0.3, -0.25) is 10.1 Å². The number of amides is 3. The zero-order valence-corrected chi connectivity index (χ0v) is 11.8. The molecule has 3 amide bonds. The van der Waals surface area contributed by atoms with Crippen molar-refractivity contribution in [1.29, 1.82) is 0 Å². The van der Waals surface area contributed by atoms with Gasteiger partial charge in [0.2, 0.25) is 5.91 Å². The van der Waals surface area contributed by atoms with Crippen LogP contribution in [0.3, 0.4) is 0 Å². The third-order valence-electron chi connectivity index (χ3n) is 2.02. The molecule has 19 heavy (non-hydrogen) atoms.